The number of aliphatic carboxylic acids is 1. The first-order valence-electron chi connectivity index (χ1n) is 5.78. The van der Waals surface area contributed by atoms with E-state index in [-0.39, 0.29) is 10.8 Å². The second-order valence-electron chi connectivity index (χ2n) is 3.92. The van der Waals surface area contributed by atoms with E-state index in [0.29, 0.717) is 28.7 Å². The van der Waals surface area contributed by atoms with Gasteiger partial charge in [-0.1, -0.05) is 29.8 Å². The monoisotopic (exact) mass is 310 g/mol. The van der Waals surface area contributed by atoms with Crippen LogP contribution in [0.2, 0.25) is 5.02 Å². The van der Waals surface area contributed by atoms with Crippen molar-refractivity contribution >= 4 is 46.5 Å². The average Bonchev–Trinajstić information content (AvgIpc) is 2.40. The molecule has 1 heterocycles. The van der Waals surface area contributed by atoms with Crippen molar-refractivity contribution in [2.24, 2.45) is 4.99 Å². The zero-order valence-corrected chi connectivity index (χ0v) is 11.9. The van der Waals surface area contributed by atoms with Gasteiger partial charge in [0.2, 0.25) is 5.91 Å². The van der Waals surface area contributed by atoms with Gasteiger partial charge in [-0.3, -0.25) is 9.79 Å². The fourth-order valence-corrected chi connectivity index (χ4v) is 2.50. The Morgan fingerprint density at radius 2 is 2.20 bits per heavy atom. The minimum absolute atomic E-state index is 0.0408. The number of amidine groups is 1. The first-order valence-corrected chi connectivity index (χ1v) is 6.97. The third-order valence-corrected chi connectivity index (χ3v) is 3.73. The minimum atomic E-state index is -1.10. The molecule has 0 atom stereocenters. The van der Waals surface area contributed by atoms with E-state index in [1.165, 1.54) is 6.08 Å². The number of hydrogen-bond donors (Lipinski definition) is 2. The number of aliphatic imine (C=N–C) groups is 1. The van der Waals surface area contributed by atoms with Gasteiger partial charge in [-0.05, 0) is 29.5 Å². The van der Waals surface area contributed by atoms with Gasteiger partial charge >= 0.3 is 5.97 Å². The van der Waals surface area contributed by atoms with E-state index in [9.17, 15) is 14.7 Å². The van der Waals surface area contributed by atoms with Gasteiger partial charge < -0.3 is 10.4 Å². The quantitative estimate of drug-likeness (QED) is 0.840. The molecule has 5 nitrogen and oxygen atoms in total. The van der Waals surface area contributed by atoms with Crippen LogP contribution in [0.1, 0.15) is 12.0 Å². The SMILES string of the molecule is O=C1CCN=C(S/C(=C/c2ccccc2Cl)C(=O)O)N1. The summed E-state index contributed by atoms with van der Waals surface area (Å²) in [5.41, 5.74) is 0.599. The number of benzene rings is 1. The van der Waals surface area contributed by atoms with Crippen LogP contribution in [0.3, 0.4) is 0 Å². The Morgan fingerprint density at radius 3 is 2.85 bits per heavy atom. The van der Waals surface area contributed by atoms with E-state index < -0.39 is 5.97 Å². The van der Waals surface area contributed by atoms with Crippen LogP contribution in [0.4, 0.5) is 0 Å². The van der Waals surface area contributed by atoms with Gasteiger partial charge in [-0.15, -0.1) is 0 Å². The highest BCUT2D eigenvalue weighted by Gasteiger charge is 2.17. The maximum atomic E-state index is 11.3. The summed E-state index contributed by atoms with van der Waals surface area (Å²) < 4.78 is 0. The van der Waals surface area contributed by atoms with Crippen LogP contribution in [0.5, 0.6) is 0 Å². The number of carboxylic acid groups (broad SMARTS) is 1. The highest BCUT2D eigenvalue weighted by molar-refractivity contribution is 8.18. The largest absolute Gasteiger partial charge is 0.477 e. The van der Waals surface area contributed by atoms with Crippen molar-refractivity contribution in [3.63, 3.8) is 0 Å². The summed E-state index contributed by atoms with van der Waals surface area (Å²) in [6, 6.07) is 6.92. The first kappa shape index (κ1) is 14.6. The summed E-state index contributed by atoms with van der Waals surface area (Å²) in [5.74, 6) is -1.26. The van der Waals surface area contributed by atoms with Gasteiger partial charge in [-0.25, -0.2) is 4.79 Å². The third-order valence-electron chi connectivity index (χ3n) is 2.45. The predicted molar refractivity (Wildman–Crippen MR) is 79.7 cm³/mol. The maximum absolute atomic E-state index is 11.3. The molecule has 0 unspecified atom stereocenters. The van der Waals surface area contributed by atoms with Crippen LogP contribution in [0.25, 0.3) is 6.08 Å². The van der Waals surface area contributed by atoms with E-state index in [1.807, 2.05) is 0 Å². The number of carboxylic acids is 1. The number of rotatable bonds is 3. The molecule has 20 heavy (non-hydrogen) atoms. The van der Waals surface area contributed by atoms with Crippen LogP contribution >= 0.6 is 23.4 Å². The lowest BCUT2D eigenvalue weighted by Crippen LogP contribution is -2.33. The van der Waals surface area contributed by atoms with Crippen molar-refractivity contribution < 1.29 is 14.7 Å². The Labute approximate surface area is 124 Å². The summed E-state index contributed by atoms with van der Waals surface area (Å²) in [4.78, 5) is 26.6. The Kier molecular flexibility index (Phi) is 4.81. The zero-order chi connectivity index (χ0) is 14.5. The molecule has 2 rings (SSSR count). The van der Waals surface area contributed by atoms with E-state index in [0.717, 1.165) is 11.8 Å². The van der Waals surface area contributed by atoms with E-state index in [1.54, 1.807) is 24.3 Å². The Balaban J connectivity index is 2.24. The zero-order valence-electron chi connectivity index (χ0n) is 10.3. The Hall–Kier alpha value is -1.79. The van der Waals surface area contributed by atoms with Crippen LogP contribution < -0.4 is 5.32 Å². The number of hydrogen-bond acceptors (Lipinski definition) is 4. The molecular formula is C13H11ClN2O3S. The minimum Gasteiger partial charge on any atom is -0.477 e. The van der Waals surface area contributed by atoms with Gasteiger partial charge in [-0.2, -0.15) is 0 Å². The van der Waals surface area contributed by atoms with Crippen molar-refractivity contribution in [1.82, 2.24) is 5.32 Å². The van der Waals surface area contributed by atoms with E-state index in [4.69, 9.17) is 11.6 Å². The number of nitrogens with one attached hydrogen (secondary N) is 1. The molecule has 1 aliphatic heterocycles. The van der Waals surface area contributed by atoms with Crippen LogP contribution in [-0.4, -0.2) is 28.7 Å². The molecule has 1 aromatic rings. The Bertz CT molecular complexity index is 613. The van der Waals surface area contributed by atoms with E-state index in [2.05, 4.69) is 10.3 Å². The molecule has 0 saturated carbocycles. The molecule has 1 aliphatic rings. The first-order chi connectivity index (χ1) is 9.56. The number of thioether (sulfide) groups is 1. The molecule has 0 fully saturated rings. The fourth-order valence-electron chi connectivity index (χ4n) is 1.51. The maximum Gasteiger partial charge on any atom is 0.342 e. The molecule has 1 amide bonds. The molecule has 0 aromatic heterocycles. The van der Waals surface area contributed by atoms with Gasteiger partial charge in [0.25, 0.3) is 0 Å². The van der Waals surface area contributed by atoms with Gasteiger partial charge in [0.15, 0.2) is 5.17 Å². The van der Waals surface area contributed by atoms with Gasteiger partial charge in [0.05, 0.1) is 6.54 Å². The smallest absolute Gasteiger partial charge is 0.342 e. The summed E-state index contributed by atoms with van der Waals surface area (Å²) >= 11 is 6.89. The second kappa shape index (κ2) is 6.58. The van der Waals surface area contributed by atoms with Crippen molar-refractivity contribution in [2.45, 2.75) is 6.42 Å². The summed E-state index contributed by atoms with van der Waals surface area (Å²) in [5, 5.41) is 12.5. The van der Waals surface area contributed by atoms with Crippen LogP contribution in [0, 0.1) is 0 Å². The average molecular weight is 311 g/mol. The summed E-state index contributed by atoms with van der Waals surface area (Å²) in [6.45, 7) is 0.368. The molecule has 1 aromatic carbocycles. The molecule has 2 N–H and O–H groups in total. The molecule has 0 spiro atoms. The van der Waals surface area contributed by atoms with Crippen LogP contribution in [0.15, 0.2) is 34.2 Å². The van der Waals surface area contributed by atoms with Crippen molar-refractivity contribution in [3.05, 3.63) is 39.8 Å². The lowest BCUT2D eigenvalue weighted by molar-refractivity contribution is -0.131. The van der Waals surface area contributed by atoms with Crippen molar-refractivity contribution in [1.29, 1.82) is 0 Å². The number of carbonyl (C=O) groups excluding carboxylic acids is 1. The van der Waals surface area contributed by atoms with Gasteiger partial charge in [0, 0.05) is 11.4 Å². The van der Waals surface area contributed by atoms with Gasteiger partial charge in [0.1, 0.15) is 4.91 Å². The summed E-state index contributed by atoms with van der Waals surface area (Å²) in [6.07, 6.45) is 1.78. The predicted octanol–water partition coefficient (Wildman–Crippen LogP) is 2.37. The number of halogens is 1. The third kappa shape index (κ3) is 3.85. The molecule has 0 radical (unpaired) electrons. The highest BCUT2D eigenvalue weighted by atomic mass is 35.5. The lowest BCUT2D eigenvalue weighted by Gasteiger charge is -2.12. The Morgan fingerprint density at radius 1 is 1.45 bits per heavy atom. The highest BCUT2D eigenvalue weighted by Crippen LogP contribution is 2.25. The number of nitrogens with zero attached hydrogens (tertiary/aromatic N) is 1. The van der Waals surface area contributed by atoms with Crippen molar-refractivity contribution in [3.8, 4) is 0 Å². The molecule has 0 saturated heterocycles. The van der Waals surface area contributed by atoms with Crippen LogP contribution in [-0.2, 0) is 9.59 Å². The number of carbonyl (C=O) groups is 2. The molecular weight excluding hydrogens is 300 g/mol. The molecule has 7 heteroatoms. The fraction of sp³-hybridized carbons (Fsp3) is 0.154. The standard InChI is InChI=1S/C13H11ClN2O3S/c14-9-4-2-1-3-8(9)7-10(12(18)19)20-13-15-6-5-11(17)16-13/h1-4,7H,5-6H2,(H,18,19)(H,15,16,17)/b10-7+. The molecule has 0 aliphatic carbocycles. The van der Waals surface area contributed by atoms with E-state index >= 15 is 0 Å². The topological polar surface area (TPSA) is 78.8 Å². The lowest BCUT2D eigenvalue weighted by atomic mass is 10.2. The normalized spacial score (nSPS) is 15.6. The second-order valence-corrected chi connectivity index (χ2v) is 5.36. The summed E-state index contributed by atoms with van der Waals surface area (Å²) in [7, 11) is 0. The number of amides is 1. The van der Waals surface area contributed by atoms with Crippen molar-refractivity contribution in [2.75, 3.05) is 6.54 Å². The molecule has 104 valence electrons. The molecule has 0 bridgehead atoms.